The van der Waals surface area contributed by atoms with Crippen molar-refractivity contribution in [1.82, 2.24) is 15.2 Å². The average molecular weight is 242 g/mol. The molecule has 94 valence electrons. The predicted octanol–water partition coefficient (Wildman–Crippen LogP) is 1.73. The molecule has 0 saturated heterocycles. The molecule has 0 spiro atoms. The van der Waals surface area contributed by atoms with Gasteiger partial charge in [0.25, 0.3) is 0 Å². The van der Waals surface area contributed by atoms with Gasteiger partial charge in [-0.15, -0.1) is 0 Å². The van der Waals surface area contributed by atoms with E-state index in [2.05, 4.69) is 40.9 Å². The highest BCUT2D eigenvalue weighted by Crippen LogP contribution is 2.53. The van der Waals surface area contributed by atoms with Gasteiger partial charge in [0.1, 0.15) is 0 Å². The lowest BCUT2D eigenvalue weighted by molar-refractivity contribution is 0.470. The van der Waals surface area contributed by atoms with Gasteiger partial charge in [0.2, 0.25) is 0 Å². The van der Waals surface area contributed by atoms with E-state index >= 15 is 0 Å². The number of nitrogens with two attached hydrogens (primary N) is 1. The van der Waals surface area contributed by atoms with Gasteiger partial charge in [0.05, 0.1) is 11.7 Å². The Labute approximate surface area is 107 Å². The van der Waals surface area contributed by atoms with E-state index in [1.807, 2.05) is 24.0 Å². The van der Waals surface area contributed by atoms with Crippen molar-refractivity contribution in [3.63, 3.8) is 0 Å². The summed E-state index contributed by atoms with van der Waals surface area (Å²) in [6, 6.07) is 12.8. The lowest BCUT2D eigenvalue weighted by atomic mass is 10.0. The van der Waals surface area contributed by atoms with Gasteiger partial charge in [-0.25, -0.2) is 0 Å². The highest BCUT2D eigenvalue weighted by atomic mass is 15.3. The summed E-state index contributed by atoms with van der Waals surface area (Å²) in [5.74, 6) is 6.85. The number of rotatable bonds is 4. The van der Waals surface area contributed by atoms with Crippen LogP contribution in [0.15, 0.2) is 42.6 Å². The zero-order valence-corrected chi connectivity index (χ0v) is 10.5. The smallest absolute Gasteiger partial charge is 0.0810 e. The number of nitrogens with zero attached hydrogens (tertiary/aromatic N) is 2. The van der Waals surface area contributed by atoms with Gasteiger partial charge < -0.3 is 0 Å². The summed E-state index contributed by atoms with van der Waals surface area (Å²) in [4.78, 5) is 0. The molecule has 0 bridgehead atoms. The molecule has 0 radical (unpaired) electrons. The fourth-order valence-electron chi connectivity index (χ4n) is 2.69. The van der Waals surface area contributed by atoms with E-state index in [1.54, 1.807) is 0 Å². The predicted molar refractivity (Wildman–Crippen MR) is 70.6 cm³/mol. The molecule has 0 amide bonds. The normalized spacial score (nSPS) is 23.9. The number of nitrogens with one attached hydrogen (secondary N) is 1. The van der Waals surface area contributed by atoms with Crippen molar-refractivity contribution in [2.24, 2.45) is 18.8 Å². The standard InChI is InChI=1S/C14H18N4/c1-18-8-7-13(17-18)14(16-15)12-9-11(12)10-5-3-2-4-6-10/h2-8,11-12,14,16H,9,15H2,1H3. The number of hydrogen-bond donors (Lipinski definition) is 2. The van der Waals surface area contributed by atoms with Crippen LogP contribution >= 0.6 is 0 Å². The molecule has 1 aromatic carbocycles. The second-order valence-corrected chi connectivity index (χ2v) is 4.98. The lowest BCUT2D eigenvalue weighted by Gasteiger charge is -2.13. The number of benzene rings is 1. The maximum atomic E-state index is 5.70. The van der Waals surface area contributed by atoms with Crippen LogP contribution in [0, 0.1) is 5.92 Å². The first-order chi connectivity index (χ1) is 8.79. The topological polar surface area (TPSA) is 55.9 Å². The van der Waals surface area contributed by atoms with Crippen molar-refractivity contribution in [3.05, 3.63) is 53.9 Å². The molecule has 18 heavy (non-hydrogen) atoms. The summed E-state index contributed by atoms with van der Waals surface area (Å²) < 4.78 is 1.82. The second-order valence-electron chi connectivity index (χ2n) is 4.98. The number of hydrazine groups is 1. The first-order valence-corrected chi connectivity index (χ1v) is 6.30. The Hall–Kier alpha value is -1.65. The average Bonchev–Trinajstić information content (AvgIpc) is 3.07. The van der Waals surface area contributed by atoms with Gasteiger partial charge in [-0.05, 0) is 29.9 Å². The van der Waals surface area contributed by atoms with E-state index in [1.165, 1.54) is 12.0 Å². The van der Waals surface area contributed by atoms with Crippen molar-refractivity contribution in [2.75, 3.05) is 0 Å². The maximum Gasteiger partial charge on any atom is 0.0810 e. The molecule has 4 nitrogen and oxygen atoms in total. The minimum Gasteiger partial charge on any atom is -0.275 e. The Morgan fingerprint density at radius 3 is 2.72 bits per heavy atom. The van der Waals surface area contributed by atoms with Gasteiger partial charge >= 0.3 is 0 Å². The van der Waals surface area contributed by atoms with Crippen LogP contribution in [0.3, 0.4) is 0 Å². The highest BCUT2D eigenvalue weighted by molar-refractivity contribution is 5.28. The van der Waals surface area contributed by atoms with Crippen LogP contribution in [0.25, 0.3) is 0 Å². The van der Waals surface area contributed by atoms with Crippen LogP contribution in [-0.4, -0.2) is 9.78 Å². The SMILES string of the molecule is Cn1ccc(C(NN)C2CC2c2ccccc2)n1. The molecule has 1 aliphatic rings. The third-order valence-corrected chi connectivity index (χ3v) is 3.73. The van der Waals surface area contributed by atoms with Crippen LogP contribution < -0.4 is 11.3 Å². The summed E-state index contributed by atoms with van der Waals surface area (Å²) in [5.41, 5.74) is 5.35. The van der Waals surface area contributed by atoms with Crippen molar-refractivity contribution in [2.45, 2.75) is 18.4 Å². The summed E-state index contributed by atoms with van der Waals surface area (Å²) in [7, 11) is 1.93. The third kappa shape index (κ3) is 2.05. The van der Waals surface area contributed by atoms with E-state index in [9.17, 15) is 0 Å². The van der Waals surface area contributed by atoms with Crippen LogP contribution in [0.4, 0.5) is 0 Å². The monoisotopic (exact) mass is 242 g/mol. The fraction of sp³-hybridized carbons (Fsp3) is 0.357. The zero-order valence-electron chi connectivity index (χ0n) is 10.5. The molecular formula is C14H18N4. The molecule has 4 heteroatoms. The summed E-state index contributed by atoms with van der Waals surface area (Å²) >= 11 is 0. The molecular weight excluding hydrogens is 224 g/mol. The Morgan fingerprint density at radius 1 is 1.33 bits per heavy atom. The molecule has 3 atom stereocenters. The molecule has 1 fully saturated rings. The lowest BCUT2D eigenvalue weighted by Crippen LogP contribution is -2.30. The van der Waals surface area contributed by atoms with Crippen LogP contribution in [0.5, 0.6) is 0 Å². The third-order valence-electron chi connectivity index (χ3n) is 3.73. The largest absolute Gasteiger partial charge is 0.275 e. The molecule has 0 aliphatic heterocycles. The van der Waals surface area contributed by atoms with Crippen molar-refractivity contribution >= 4 is 0 Å². The summed E-state index contributed by atoms with van der Waals surface area (Å²) in [6.45, 7) is 0. The van der Waals surface area contributed by atoms with Gasteiger partial charge in [-0.3, -0.25) is 16.0 Å². The first-order valence-electron chi connectivity index (χ1n) is 6.30. The van der Waals surface area contributed by atoms with E-state index in [0.717, 1.165) is 5.69 Å². The van der Waals surface area contributed by atoms with E-state index in [0.29, 0.717) is 11.8 Å². The Balaban J connectivity index is 1.76. The van der Waals surface area contributed by atoms with Gasteiger partial charge in [0.15, 0.2) is 0 Å². The van der Waals surface area contributed by atoms with Crippen molar-refractivity contribution in [1.29, 1.82) is 0 Å². The van der Waals surface area contributed by atoms with Gasteiger partial charge in [0, 0.05) is 13.2 Å². The second kappa shape index (κ2) is 4.55. The zero-order chi connectivity index (χ0) is 12.5. The van der Waals surface area contributed by atoms with Crippen LogP contribution in [0.2, 0.25) is 0 Å². The van der Waals surface area contributed by atoms with Crippen LogP contribution in [0.1, 0.15) is 29.6 Å². The van der Waals surface area contributed by atoms with Gasteiger partial charge in [-0.2, -0.15) is 5.10 Å². The number of hydrogen-bond acceptors (Lipinski definition) is 3. The van der Waals surface area contributed by atoms with E-state index in [4.69, 9.17) is 5.84 Å². The molecule has 1 aliphatic carbocycles. The minimum atomic E-state index is 0.149. The van der Waals surface area contributed by atoms with Crippen LogP contribution in [-0.2, 0) is 7.05 Å². The molecule has 2 aromatic rings. The molecule has 3 unspecified atom stereocenters. The summed E-state index contributed by atoms with van der Waals surface area (Å²) in [5, 5.41) is 4.45. The fourth-order valence-corrected chi connectivity index (χ4v) is 2.69. The number of aromatic nitrogens is 2. The molecule has 1 saturated carbocycles. The minimum absolute atomic E-state index is 0.149. The number of aryl methyl sites for hydroxylation is 1. The molecule has 3 N–H and O–H groups in total. The van der Waals surface area contributed by atoms with Crippen molar-refractivity contribution < 1.29 is 0 Å². The Bertz CT molecular complexity index is 520. The Kier molecular flexibility index (Phi) is 2.89. The highest BCUT2D eigenvalue weighted by Gasteiger charge is 2.44. The van der Waals surface area contributed by atoms with Gasteiger partial charge in [-0.1, -0.05) is 30.3 Å². The quantitative estimate of drug-likeness (QED) is 0.634. The van der Waals surface area contributed by atoms with Crippen molar-refractivity contribution in [3.8, 4) is 0 Å². The summed E-state index contributed by atoms with van der Waals surface area (Å²) in [6.07, 6.45) is 3.13. The molecule has 1 aromatic heterocycles. The molecule has 3 rings (SSSR count). The van der Waals surface area contributed by atoms with E-state index in [-0.39, 0.29) is 6.04 Å². The van der Waals surface area contributed by atoms with E-state index < -0.39 is 0 Å². The first kappa shape index (κ1) is 11.4. The Morgan fingerprint density at radius 2 is 2.11 bits per heavy atom. The molecule has 1 heterocycles. The maximum absolute atomic E-state index is 5.70.